The second kappa shape index (κ2) is 8.07. The molecule has 2 aromatic rings. The van der Waals surface area contributed by atoms with Gasteiger partial charge in [0.2, 0.25) is 5.91 Å². The number of carbonyl (C=O) groups excluding carboxylic acids is 1. The summed E-state index contributed by atoms with van der Waals surface area (Å²) in [4.78, 5) is 11.9. The van der Waals surface area contributed by atoms with E-state index in [2.05, 4.69) is 5.32 Å². The molecular formula is C15H17NO3S2. The van der Waals surface area contributed by atoms with Crippen LogP contribution in [-0.4, -0.2) is 23.0 Å². The summed E-state index contributed by atoms with van der Waals surface area (Å²) in [5, 5.41) is 4.66. The maximum atomic E-state index is 11.9. The normalized spacial score (nSPS) is 12.0. The van der Waals surface area contributed by atoms with Gasteiger partial charge in [0.25, 0.3) is 0 Å². The van der Waals surface area contributed by atoms with Gasteiger partial charge in [-0.1, -0.05) is 30.3 Å². The fraction of sp³-hybridized carbons (Fsp3) is 0.267. The number of ether oxygens (including phenoxy) is 1. The topological polar surface area (TPSA) is 55.4 Å². The molecule has 1 N–H and O–H groups in total. The van der Waals surface area contributed by atoms with Gasteiger partial charge in [-0.25, -0.2) is 0 Å². The molecule has 0 radical (unpaired) electrons. The SMILES string of the molecule is COCc1ccccc1CNC(=O)CS(=O)c1cccs1. The molecule has 0 aliphatic rings. The molecule has 1 unspecified atom stereocenters. The first kappa shape index (κ1) is 15.9. The summed E-state index contributed by atoms with van der Waals surface area (Å²) in [7, 11) is 0.371. The average molecular weight is 323 g/mol. The number of carbonyl (C=O) groups is 1. The van der Waals surface area contributed by atoms with Crippen molar-refractivity contribution in [2.75, 3.05) is 12.9 Å². The number of rotatable bonds is 7. The molecule has 0 aliphatic carbocycles. The van der Waals surface area contributed by atoms with Crippen molar-refractivity contribution >= 4 is 28.0 Å². The lowest BCUT2D eigenvalue weighted by atomic mass is 10.1. The highest BCUT2D eigenvalue weighted by molar-refractivity contribution is 7.88. The molecule has 2 rings (SSSR count). The first-order valence-corrected chi connectivity index (χ1v) is 8.65. The summed E-state index contributed by atoms with van der Waals surface area (Å²) in [6.45, 7) is 0.924. The quantitative estimate of drug-likeness (QED) is 0.851. The van der Waals surface area contributed by atoms with Gasteiger partial charge in [-0.3, -0.25) is 9.00 Å². The summed E-state index contributed by atoms with van der Waals surface area (Å²) in [6, 6.07) is 11.4. The predicted molar refractivity (Wildman–Crippen MR) is 84.6 cm³/mol. The van der Waals surface area contributed by atoms with Crippen molar-refractivity contribution in [1.82, 2.24) is 5.32 Å². The molecule has 0 spiro atoms. The number of thiophene rings is 1. The van der Waals surface area contributed by atoms with Crippen LogP contribution < -0.4 is 5.32 Å². The third-order valence-electron chi connectivity index (χ3n) is 2.88. The van der Waals surface area contributed by atoms with E-state index >= 15 is 0 Å². The van der Waals surface area contributed by atoms with Crippen LogP contribution in [0.15, 0.2) is 46.0 Å². The Kier molecular flexibility index (Phi) is 6.10. The Morgan fingerprint density at radius 3 is 2.67 bits per heavy atom. The van der Waals surface area contributed by atoms with Gasteiger partial charge in [0.05, 0.1) is 21.6 Å². The van der Waals surface area contributed by atoms with E-state index in [4.69, 9.17) is 4.74 Å². The monoisotopic (exact) mass is 323 g/mol. The number of methoxy groups -OCH3 is 1. The Bertz CT molecular complexity index is 611. The fourth-order valence-corrected chi connectivity index (χ4v) is 3.79. The van der Waals surface area contributed by atoms with Gasteiger partial charge >= 0.3 is 0 Å². The van der Waals surface area contributed by atoms with Crippen LogP contribution in [0, 0.1) is 0 Å². The number of hydrogen-bond acceptors (Lipinski definition) is 4. The molecule has 1 aromatic heterocycles. The Morgan fingerprint density at radius 1 is 1.24 bits per heavy atom. The molecule has 21 heavy (non-hydrogen) atoms. The van der Waals surface area contributed by atoms with Gasteiger partial charge in [-0.2, -0.15) is 0 Å². The van der Waals surface area contributed by atoms with Gasteiger partial charge in [-0.15, -0.1) is 11.3 Å². The molecule has 1 aromatic carbocycles. The molecule has 0 saturated heterocycles. The molecule has 6 heteroatoms. The van der Waals surface area contributed by atoms with E-state index in [-0.39, 0.29) is 11.7 Å². The highest BCUT2D eigenvalue weighted by atomic mass is 32.2. The molecule has 1 heterocycles. The minimum atomic E-state index is -1.27. The predicted octanol–water partition coefficient (Wildman–Crippen LogP) is 2.32. The summed E-state index contributed by atoms with van der Waals surface area (Å²) in [6.07, 6.45) is 0. The lowest BCUT2D eigenvalue weighted by Crippen LogP contribution is -2.28. The van der Waals surface area contributed by atoms with Crippen molar-refractivity contribution in [1.29, 1.82) is 0 Å². The number of hydrogen-bond donors (Lipinski definition) is 1. The molecule has 0 fully saturated rings. The van der Waals surface area contributed by atoms with Crippen molar-refractivity contribution in [2.24, 2.45) is 0 Å². The maximum absolute atomic E-state index is 11.9. The third-order valence-corrected chi connectivity index (χ3v) is 5.49. The van der Waals surface area contributed by atoms with Crippen LogP contribution >= 0.6 is 11.3 Å². The Labute approximate surface area is 130 Å². The van der Waals surface area contributed by atoms with Crippen LogP contribution in [0.1, 0.15) is 11.1 Å². The fourth-order valence-electron chi connectivity index (χ4n) is 1.85. The zero-order valence-electron chi connectivity index (χ0n) is 11.7. The molecule has 0 bridgehead atoms. The number of amides is 1. The van der Waals surface area contributed by atoms with E-state index in [9.17, 15) is 9.00 Å². The van der Waals surface area contributed by atoms with Crippen LogP contribution in [-0.2, 0) is 33.5 Å². The first-order chi connectivity index (χ1) is 10.2. The first-order valence-electron chi connectivity index (χ1n) is 6.45. The number of nitrogens with one attached hydrogen (secondary N) is 1. The van der Waals surface area contributed by atoms with Gasteiger partial charge in [-0.05, 0) is 22.6 Å². The smallest absolute Gasteiger partial charge is 0.233 e. The van der Waals surface area contributed by atoms with Crippen molar-refractivity contribution in [3.05, 3.63) is 52.9 Å². The molecule has 1 amide bonds. The summed E-state index contributed by atoms with van der Waals surface area (Å²) >= 11 is 1.40. The van der Waals surface area contributed by atoms with Crippen molar-refractivity contribution in [2.45, 2.75) is 17.4 Å². The van der Waals surface area contributed by atoms with Crippen molar-refractivity contribution < 1.29 is 13.7 Å². The zero-order chi connectivity index (χ0) is 15.1. The standard InChI is InChI=1S/C15H17NO3S2/c1-19-10-13-6-3-2-5-12(13)9-16-14(17)11-21(18)15-7-4-8-20-15/h2-8H,9-11H2,1H3,(H,16,17). The lowest BCUT2D eigenvalue weighted by molar-refractivity contribution is -0.118. The summed E-state index contributed by atoms with van der Waals surface area (Å²) in [5.74, 6) is -0.221. The van der Waals surface area contributed by atoms with E-state index in [1.165, 1.54) is 11.3 Å². The van der Waals surface area contributed by atoms with Crippen LogP contribution in [0.3, 0.4) is 0 Å². The number of benzene rings is 1. The van der Waals surface area contributed by atoms with Gasteiger partial charge in [0.15, 0.2) is 0 Å². The average Bonchev–Trinajstić information content (AvgIpc) is 3.01. The van der Waals surface area contributed by atoms with Crippen LogP contribution in [0.5, 0.6) is 0 Å². The second-order valence-corrected chi connectivity index (χ2v) is 7.03. The highest BCUT2D eigenvalue weighted by Gasteiger charge is 2.11. The van der Waals surface area contributed by atoms with Gasteiger partial charge in [0.1, 0.15) is 5.75 Å². The van der Waals surface area contributed by atoms with Crippen molar-refractivity contribution in [3.8, 4) is 0 Å². The van der Waals surface area contributed by atoms with Crippen molar-refractivity contribution in [3.63, 3.8) is 0 Å². The van der Waals surface area contributed by atoms with E-state index in [0.717, 1.165) is 15.3 Å². The largest absolute Gasteiger partial charge is 0.380 e. The van der Waals surface area contributed by atoms with Crippen LogP contribution in [0.4, 0.5) is 0 Å². The molecular weight excluding hydrogens is 306 g/mol. The Hall–Kier alpha value is -1.50. The Balaban J connectivity index is 1.88. The molecule has 112 valence electrons. The lowest BCUT2D eigenvalue weighted by Gasteiger charge is -2.09. The van der Waals surface area contributed by atoms with Crippen LogP contribution in [0.2, 0.25) is 0 Å². The summed E-state index contributed by atoms with van der Waals surface area (Å²) in [5.41, 5.74) is 2.05. The van der Waals surface area contributed by atoms with Gasteiger partial charge < -0.3 is 10.1 Å². The highest BCUT2D eigenvalue weighted by Crippen LogP contribution is 2.14. The van der Waals surface area contributed by atoms with Gasteiger partial charge in [0, 0.05) is 13.7 Å². The van der Waals surface area contributed by atoms with E-state index in [0.29, 0.717) is 13.2 Å². The van der Waals surface area contributed by atoms with Crippen LogP contribution in [0.25, 0.3) is 0 Å². The Morgan fingerprint density at radius 2 is 2.00 bits per heavy atom. The van der Waals surface area contributed by atoms with E-state index < -0.39 is 10.8 Å². The molecule has 4 nitrogen and oxygen atoms in total. The summed E-state index contributed by atoms with van der Waals surface area (Å²) < 4.78 is 17.8. The minimum absolute atomic E-state index is 0.00699. The third kappa shape index (κ3) is 4.77. The van der Waals surface area contributed by atoms with E-state index in [1.54, 1.807) is 13.2 Å². The molecule has 0 saturated carbocycles. The zero-order valence-corrected chi connectivity index (χ0v) is 13.3. The maximum Gasteiger partial charge on any atom is 0.233 e. The second-order valence-electron chi connectivity index (χ2n) is 4.40. The minimum Gasteiger partial charge on any atom is -0.380 e. The molecule has 0 aliphatic heterocycles. The molecule has 1 atom stereocenters. The van der Waals surface area contributed by atoms with E-state index in [1.807, 2.05) is 35.7 Å².